The van der Waals surface area contributed by atoms with Gasteiger partial charge < -0.3 is 14.8 Å². The maximum Gasteiger partial charge on any atom is 0.232 e. The van der Waals surface area contributed by atoms with Crippen LogP contribution in [0.3, 0.4) is 0 Å². The van der Waals surface area contributed by atoms with E-state index in [1.165, 1.54) is 4.68 Å². The van der Waals surface area contributed by atoms with Gasteiger partial charge in [-0.15, -0.1) is 5.10 Å². The van der Waals surface area contributed by atoms with E-state index in [1.54, 1.807) is 39.5 Å². The molecular weight excluding hydrogens is 262 g/mol. The fourth-order valence-corrected chi connectivity index (χ4v) is 1.63. The number of aromatic nitrogens is 4. The van der Waals surface area contributed by atoms with Crippen molar-refractivity contribution in [1.29, 1.82) is 0 Å². The molecule has 0 spiro atoms. The molecule has 0 radical (unpaired) electrons. The zero-order chi connectivity index (χ0) is 14.5. The Morgan fingerprint density at radius 1 is 1.25 bits per heavy atom. The molecule has 1 amide bonds. The molecule has 0 atom stereocenters. The lowest BCUT2D eigenvalue weighted by atomic mass is 10.2. The van der Waals surface area contributed by atoms with Gasteiger partial charge in [-0.2, -0.15) is 0 Å². The number of nitrogens with one attached hydrogen (secondary N) is 1. The van der Waals surface area contributed by atoms with Crippen molar-refractivity contribution in [2.75, 3.05) is 19.5 Å². The SMILES string of the molecule is COc1cc(NC(=O)Cc2nnnn2C)cc(OC)c1. The lowest BCUT2D eigenvalue weighted by Crippen LogP contribution is -2.17. The molecule has 20 heavy (non-hydrogen) atoms. The molecular formula is C12H15N5O3. The molecule has 0 aliphatic rings. The van der Waals surface area contributed by atoms with Crippen LogP contribution in [0.25, 0.3) is 0 Å². The number of hydrogen-bond donors (Lipinski definition) is 1. The third-order valence-corrected chi connectivity index (χ3v) is 2.66. The van der Waals surface area contributed by atoms with Gasteiger partial charge in [0.25, 0.3) is 0 Å². The number of anilines is 1. The zero-order valence-corrected chi connectivity index (χ0v) is 11.5. The molecule has 2 aromatic rings. The van der Waals surface area contributed by atoms with Crippen molar-refractivity contribution in [1.82, 2.24) is 20.2 Å². The summed E-state index contributed by atoms with van der Waals surface area (Å²) >= 11 is 0. The molecule has 1 aromatic heterocycles. The maximum atomic E-state index is 11.9. The van der Waals surface area contributed by atoms with Crippen molar-refractivity contribution < 1.29 is 14.3 Å². The molecule has 0 fully saturated rings. The van der Waals surface area contributed by atoms with Gasteiger partial charge in [0.2, 0.25) is 5.91 Å². The standard InChI is InChI=1S/C12H15N5O3/c1-17-11(14-15-16-17)7-12(18)13-8-4-9(19-2)6-10(5-8)20-3/h4-6H,7H2,1-3H3,(H,13,18). The molecule has 8 heteroatoms. The van der Waals surface area contributed by atoms with Gasteiger partial charge in [-0.25, -0.2) is 4.68 Å². The minimum Gasteiger partial charge on any atom is -0.497 e. The summed E-state index contributed by atoms with van der Waals surface area (Å²) in [5.41, 5.74) is 0.585. The minimum absolute atomic E-state index is 0.0863. The molecule has 106 valence electrons. The summed E-state index contributed by atoms with van der Waals surface area (Å²) in [7, 11) is 4.77. The lowest BCUT2D eigenvalue weighted by Gasteiger charge is -2.09. The van der Waals surface area contributed by atoms with E-state index in [0.717, 1.165) is 0 Å². The number of carbonyl (C=O) groups excluding carboxylic acids is 1. The number of tetrazole rings is 1. The van der Waals surface area contributed by atoms with Gasteiger partial charge >= 0.3 is 0 Å². The molecule has 8 nitrogen and oxygen atoms in total. The van der Waals surface area contributed by atoms with Crippen LogP contribution in [0.1, 0.15) is 5.82 Å². The van der Waals surface area contributed by atoms with Crippen LogP contribution >= 0.6 is 0 Å². The Bertz CT molecular complexity index is 589. The summed E-state index contributed by atoms with van der Waals surface area (Å²) in [4.78, 5) is 11.9. The quantitative estimate of drug-likeness (QED) is 0.851. The lowest BCUT2D eigenvalue weighted by molar-refractivity contribution is -0.115. The van der Waals surface area contributed by atoms with Gasteiger partial charge in [-0.1, -0.05) is 0 Å². The summed E-state index contributed by atoms with van der Waals surface area (Å²) in [6, 6.07) is 5.13. The first kappa shape index (κ1) is 13.8. The van der Waals surface area contributed by atoms with Crippen LogP contribution in [0.4, 0.5) is 5.69 Å². The maximum absolute atomic E-state index is 11.9. The van der Waals surface area contributed by atoms with E-state index >= 15 is 0 Å². The number of rotatable bonds is 5. The third-order valence-electron chi connectivity index (χ3n) is 2.66. The van der Waals surface area contributed by atoms with E-state index in [1.807, 2.05) is 0 Å². The molecule has 0 aliphatic heterocycles. The van der Waals surface area contributed by atoms with Gasteiger partial charge in [-0.05, 0) is 10.4 Å². The summed E-state index contributed by atoms with van der Waals surface area (Å²) in [5.74, 6) is 1.45. The van der Waals surface area contributed by atoms with Gasteiger partial charge in [0.1, 0.15) is 11.5 Å². The van der Waals surface area contributed by atoms with Crippen LogP contribution in [0.5, 0.6) is 11.5 Å². The second-order valence-electron chi connectivity index (χ2n) is 4.05. The van der Waals surface area contributed by atoms with Crippen molar-refractivity contribution in [2.45, 2.75) is 6.42 Å². The first-order valence-corrected chi connectivity index (χ1v) is 5.86. The third kappa shape index (κ3) is 3.22. The zero-order valence-electron chi connectivity index (χ0n) is 11.5. The molecule has 0 unspecified atom stereocenters. The largest absolute Gasteiger partial charge is 0.497 e. The topological polar surface area (TPSA) is 91.2 Å². The molecule has 0 aliphatic carbocycles. The number of carbonyl (C=O) groups is 1. The van der Waals surface area contributed by atoms with Crippen LogP contribution in [-0.4, -0.2) is 40.3 Å². The number of ether oxygens (including phenoxy) is 2. The van der Waals surface area contributed by atoms with Crippen LogP contribution in [0, 0.1) is 0 Å². The molecule has 0 saturated heterocycles. The van der Waals surface area contributed by atoms with Crippen molar-refractivity contribution in [3.63, 3.8) is 0 Å². The summed E-state index contributed by atoms with van der Waals surface area (Å²) in [6.07, 6.45) is 0.0863. The highest BCUT2D eigenvalue weighted by molar-refractivity contribution is 5.92. The van der Waals surface area contributed by atoms with E-state index in [9.17, 15) is 4.79 Å². The average molecular weight is 277 g/mol. The van der Waals surface area contributed by atoms with Crippen molar-refractivity contribution in [3.8, 4) is 11.5 Å². The Morgan fingerprint density at radius 2 is 1.90 bits per heavy atom. The van der Waals surface area contributed by atoms with E-state index in [-0.39, 0.29) is 12.3 Å². The normalized spacial score (nSPS) is 10.2. The van der Waals surface area contributed by atoms with E-state index in [2.05, 4.69) is 20.8 Å². The monoisotopic (exact) mass is 277 g/mol. The van der Waals surface area contributed by atoms with E-state index in [4.69, 9.17) is 9.47 Å². The Hall–Kier alpha value is -2.64. The van der Waals surface area contributed by atoms with Gasteiger partial charge in [0, 0.05) is 30.9 Å². The fourth-order valence-electron chi connectivity index (χ4n) is 1.63. The second-order valence-corrected chi connectivity index (χ2v) is 4.05. The number of nitrogens with zero attached hydrogens (tertiary/aromatic N) is 4. The van der Waals surface area contributed by atoms with Crippen LogP contribution in [-0.2, 0) is 18.3 Å². The highest BCUT2D eigenvalue weighted by atomic mass is 16.5. The van der Waals surface area contributed by atoms with Crippen molar-refractivity contribution in [2.24, 2.45) is 7.05 Å². The molecule has 1 aromatic carbocycles. The van der Waals surface area contributed by atoms with Crippen LogP contribution in [0.2, 0.25) is 0 Å². The molecule has 1 heterocycles. The Kier molecular flexibility index (Phi) is 4.14. The minimum atomic E-state index is -0.224. The van der Waals surface area contributed by atoms with Gasteiger partial charge in [-0.3, -0.25) is 4.79 Å². The first-order valence-electron chi connectivity index (χ1n) is 5.86. The average Bonchev–Trinajstić information content (AvgIpc) is 2.83. The van der Waals surface area contributed by atoms with Crippen LogP contribution < -0.4 is 14.8 Å². The van der Waals surface area contributed by atoms with Crippen molar-refractivity contribution in [3.05, 3.63) is 24.0 Å². The Morgan fingerprint density at radius 3 is 2.40 bits per heavy atom. The molecule has 0 bridgehead atoms. The summed E-state index contributed by atoms with van der Waals surface area (Å²) < 4.78 is 11.7. The second kappa shape index (κ2) is 6.00. The number of aryl methyl sites for hydroxylation is 1. The highest BCUT2D eigenvalue weighted by Gasteiger charge is 2.11. The number of hydrogen-bond acceptors (Lipinski definition) is 6. The number of benzene rings is 1. The highest BCUT2D eigenvalue weighted by Crippen LogP contribution is 2.25. The van der Waals surface area contributed by atoms with Crippen molar-refractivity contribution >= 4 is 11.6 Å². The Labute approximate surface area is 115 Å². The number of amides is 1. The first-order chi connectivity index (χ1) is 9.62. The number of methoxy groups -OCH3 is 2. The van der Waals surface area contributed by atoms with Gasteiger partial charge in [0.05, 0.1) is 20.6 Å². The summed E-state index contributed by atoms with van der Waals surface area (Å²) in [5, 5.41) is 13.7. The van der Waals surface area contributed by atoms with E-state index in [0.29, 0.717) is 23.0 Å². The predicted octanol–water partition coefficient (Wildman–Crippen LogP) is 0.408. The predicted molar refractivity (Wildman–Crippen MR) is 70.7 cm³/mol. The molecule has 1 N–H and O–H groups in total. The fraction of sp³-hybridized carbons (Fsp3) is 0.333. The molecule has 2 rings (SSSR count). The smallest absolute Gasteiger partial charge is 0.232 e. The Balaban J connectivity index is 2.09. The van der Waals surface area contributed by atoms with Gasteiger partial charge in [0.15, 0.2) is 5.82 Å². The van der Waals surface area contributed by atoms with Crippen LogP contribution in [0.15, 0.2) is 18.2 Å². The van der Waals surface area contributed by atoms with E-state index < -0.39 is 0 Å². The molecule has 0 saturated carbocycles. The summed E-state index contributed by atoms with van der Waals surface area (Å²) in [6.45, 7) is 0.